The third kappa shape index (κ3) is 2.50. The van der Waals surface area contributed by atoms with E-state index >= 15 is 0 Å². The third-order valence-electron chi connectivity index (χ3n) is 3.55. The summed E-state index contributed by atoms with van der Waals surface area (Å²) in [7, 11) is 1.46. The molecule has 0 N–H and O–H groups in total. The maximum atomic E-state index is 11.7. The Morgan fingerprint density at radius 3 is 2.76 bits per heavy atom. The van der Waals surface area contributed by atoms with Crippen LogP contribution in [-0.2, 0) is 9.53 Å². The lowest BCUT2D eigenvalue weighted by Gasteiger charge is -2.29. The summed E-state index contributed by atoms with van der Waals surface area (Å²) in [4.78, 5) is 13.9. The van der Waals surface area contributed by atoms with Gasteiger partial charge >= 0.3 is 5.97 Å². The van der Waals surface area contributed by atoms with Crippen molar-refractivity contribution in [1.82, 2.24) is 4.90 Å². The molecule has 1 unspecified atom stereocenters. The predicted octanol–water partition coefficient (Wildman–Crippen LogP) is 2.39. The van der Waals surface area contributed by atoms with Gasteiger partial charge in [0.2, 0.25) is 0 Å². The van der Waals surface area contributed by atoms with Gasteiger partial charge in [-0.25, -0.2) is 0 Å². The highest BCUT2D eigenvalue weighted by atomic mass is 16.5. The number of carbonyl (C=O) groups excluding carboxylic acids is 1. The van der Waals surface area contributed by atoms with Gasteiger partial charge in [-0.2, -0.15) is 0 Å². The van der Waals surface area contributed by atoms with Crippen LogP contribution in [0.2, 0.25) is 0 Å². The molecule has 1 fully saturated rings. The topological polar surface area (TPSA) is 29.5 Å². The molecule has 0 amide bonds. The summed E-state index contributed by atoms with van der Waals surface area (Å²) >= 11 is 0. The average molecular weight is 233 g/mol. The second kappa shape index (κ2) is 5.32. The minimum absolute atomic E-state index is 0.0739. The van der Waals surface area contributed by atoms with Gasteiger partial charge in [0.25, 0.3) is 0 Å². The van der Waals surface area contributed by atoms with Crippen molar-refractivity contribution in [1.29, 1.82) is 0 Å². The fourth-order valence-corrected chi connectivity index (χ4v) is 2.56. The fourth-order valence-electron chi connectivity index (χ4n) is 2.56. The molecule has 17 heavy (non-hydrogen) atoms. The Labute approximate surface area is 102 Å². The van der Waals surface area contributed by atoms with Crippen molar-refractivity contribution in [3.05, 3.63) is 35.9 Å². The van der Waals surface area contributed by atoms with Gasteiger partial charge in [0, 0.05) is 6.04 Å². The number of ether oxygens (including phenoxy) is 1. The molecule has 1 aromatic carbocycles. The lowest BCUT2D eigenvalue weighted by Crippen LogP contribution is -2.38. The summed E-state index contributed by atoms with van der Waals surface area (Å²) < 4.78 is 4.87. The average Bonchev–Trinajstić information content (AvgIpc) is 2.87. The molecule has 0 radical (unpaired) electrons. The zero-order valence-electron chi connectivity index (χ0n) is 10.4. The number of esters is 1. The van der Waals surface area contributed by atoms with Gasteiger partial charge in [0.15, 0.2) is 0 Å². The number of likely N-dealkylation sites (tertiary alicyclic amines) is 1. The minimum Gasteiger partial charge on any atom is -0.468 e. The molecule has 0 spiro atoms. The molecular weight excluding hydrogens is 214 g/mol. The van der Waals surface area contributed by atoms with Crippen molar-refractivity contribution < 1.29 is 9.53 Å². The second-order valence-corrected chi connectivity index (χ2v) is 4.51. The van der Waals surface area contributed by atoms with E-state index in [1.54, 1.807) is 0 Å². The second-order valence-electron chi connectivity index (χ2n) is 4.51. The molecule has 0 saturated carbocycles. The molecule has 92 valence electrons. The lowest BCUT2D eigenvalue weighted by molar-refractivity contribution is -0.146. The van der Waals surface area contributed by atoms with Crippen LogP contribution in [0.3, 0.4) is 0 Å². The summed E-state index contributed by atoms with van der Waals surface area (Å²) in [5.41, 5.74) is 1.25. The smallest absolute Gasteiger partial charge is 0.323 e. The summed E-state index contributed by atoms with van der Waals surface area (Å²) in [6.45, 7) is 3.12. The molecule has 2 rings (SSSR count). The fraction of sp³-hybridized carbons (Fsp3) is 0.500. The molecule has 1 aliphatic rings. The van der Waals surface area contributed by atoms with Crippen LogP contribution in [0.5, 0.6) is 0 Å². The van der Waals surface area contributed by atoms with Gasteiger partial charge in [-0.1, -0.05) is 30.3 Å². The first kappa shape index (κ1) is 12.1. The quantitative estimate of drug-likeness (QED) is 0.751. The Morgan fingerprint density at radius 2 is 2.12 bits per heavy atom. The third-order valence-corrected chi connectivity index (χ3v) is 3.55. The van der Waals surface area contributed by atoms with E-state index in [1.165, 1.54) is 12.7 Å². The Balaban J connectivity index is 2.13. The first-order valence-electron chi connectivity index (χ1n) is 6.12. The van der Waals surface area contributed by atoms with E-state index in [2.05, 4.69) is 24.0 Å². The number of nitrogens with zero attached hydrogens (tertiary/aromatic N) is 1. The van der Waals surface area contributed by atoms with E-state index < -0.39 is 0 Å². The summed E-state index contributed by atoms with van der Waals surface area (Å²) in [5, 5.41) is 0. The summed E-state index contributed by atoms with van der Waals surface area (Å²) in [5.74, 6) is -0.106. The van der Waals surface area contributed by atoms with Gasteiger partial charge in [0.1, 0.15) is 6.04 Å². The Kier molecular flexibility index (Phi) is 3.79. The van der Waals surface area contributed by atoms with Crippen LogP contribution in [0.25, 0.3) is 0 Å². The highest BCUT2D eigenvalue weighted by molar-refractivity contribution is 5.76. The number of benzene rings is 1. The molecule has 0 aliphatic carbocycles. The van der Waals surface area contributed by atoms with Crippen LogP contribution in [0, 0.1) is 0 Å². The van der Waals surface area contributed by atoms with Crippen molar-refractivity contribution in [2.45, 2.75) is 31.8 Å². The lowest BCUT2D eigenvalue weighted by atomic mass is 10.1. The number of rotatable bonds is 3. The first-order chi connectivity index (χ1) is 8.24. The van der Waals surface area contributed by atoms with Gasteiger partial charge in [0.05, 0.1) is 7.11 Å². The highest BCUT2D eigenvalue weighted by Crippen LogP contribution is 2.29. The number of methoxy groups -OCH3 is 1. The van der Waals surface area contributed by atoms with Crippen LogP contribution in [0.1, 0.15) is 31.4 Å². The number of hydrogen-bond donors (Lipinski definition) is 0. The number of hydrogen-bond acceptors (Lipinski definition) is 3. The van der Waals surface area contributed by atoms with Crippen LogP contribution >= 0.6 is 0 Å². The van der Waals surface area contributed by atoms with E-state index in [0.29, 0.717) is 0 Å². The largest absolute Gasteiger partial charge is 0.468 e. The van der Waals surface area contributed by atoms with Crippen molar-refractivity contribution in [2.75, 3.05) is 13.7 Å². The number of carbonyl (C=O) groups is 1. The molecule has 0 bridgehead atoms. The molecule has 3 heteroatoms. The first-order valence-corrected chi connectivity index (χ1v) is 6.12. The minimum atomic E-state index is -0.106. The van der Waals surface area contributed by atoms with E-state index in [4.69, 9.17) is 4.74 Å². The van der Waals surface area contributed by atoms with Gasteiger partial charge in [-0.3, -0.25) is 9.69 Å². The monoisotopic (exact) mass is 233 g/mol. The van der Waals surface area contributed by atoms with E-state index in [-0.39, 0.29) is 18.1 Å². The Morgan fingerprint density at radius 1 is 1.41 bits per heavy atom. The summed E-state index contributed by atoms with van der Waals surface area (Å²) in [6.07, 6.45) is 1.97. The molecule has 3 nitrogen and oxygen atoms in total. The van der Waals surface area contributed by atoms with Crippen molar-refractivity contribution >= 4 is 5.97 Å². The van der Waals surface area contributed by atoms with Gasteiger partial charge in [-0.05, 0) is 31.9 Å². The molecule has 0 aromatic heterocycles. The maximum Gasteiger partial charge on any atom is 0.323 e. The van der Waals surface area contributed by atoms with Crippen LogP contribution in [-0.4, -0.2) is 30.6 Å². The molecule has 1 heterocycles. The highest BCUT2D eigenvalue weighted by Gasteiger charge is 2.34. The van der Waals surface area contributed by atoms with E-state index in [1.807, 2.05) is 18.2 Å². The van der Waals surface area contributed by atoms with Crippen molar-refractivity contribution in [2.24, 2.45) is 0 Å². The normalized spacial score (nSPS) is 22.4. The van der Waals surface area contributed by atoms with Crippen molar-refractivity contribution in [3.63, 3.8) is 0 Å². The standard InChI is InChI=1S/C14H19NO2/c1-11(12-7-4-3-5-8-12)15-10-6-9-13(15)14(16)17-2/h3-5,7-8,11,13H,6,9-10H2,1-2H3/t11-,13?/m1/s1. The van der Waals surface area contributed by atoms with Gasteiger partial charge < -0.3 is 4.74 Å². The van der Waals surface area contributed by atoms with Crippen LogP contribution in [0.15, 0.2) is 30.3 Å². The van der Waals surface area contributed by atoms with Crippen LogP contribution in [0.4, 0.5) is 0 Å². The summed E-state index contributed by atoms with van der Waals surface area (Å²) in [6, 6.07) is 10.5. The molecular formula is C14H19NO2. The molecule has 1 saturated heterocycles. The maximum absolute atomic E-state index is 11.7. The molecule has 1 aliphatic heterocycles. The molecule has 1 aromatic rings. The van der Waals surface area contributed by atoms with Crippen LogP contribution < -0.4 is 0 Å². The predicted molar refractivity (Wildman–Crippen MR) is 66.6 cm³/mol. The Hall–Kier alpha value is -1.35. The Bertz CT molecular complexity index is 377. The van der Waals surface area contributed by atoms with E-state index in [0.717, 1.165) is 19.4 Å². The zero-order chi connectivity index (χ0) is 12.3. The van der Waals surface area contributed by atoms with Crippen molar-refractivity contribution in [3.8, 4) is 0 Å². The van der Waals surface area contributed by atoms with Gasteiger partial charge in [-0.15, -0.1) is 0 Å². The van der Waals surface area contributed by atoms with E-state index in [9.17, 15) is 4.79 Å². The SMILES string of the molecule is COC(=O)C1CCCN1[C@H](C)c1ccccc1. The zero-order valence-corrected chi connectivity index (χ0v) is 10.4. The molecule has 2 atom stereocenters.